The highest BCUT2D eigenvalue weighted by molar-refractivity contribution is 7.21. The van der Waals surface area contributed by atoms with E-state index >= 15 is 0 Å². The molecule has 1 atom stereocenters. The van der Waals surface area contributed by atoms with E-state index in [2.05, 4.69) is 22.4 Å². The fourth-order valence-electron chi connectivity index (χ4n) is 1.96. The molecule has 0 aromatic carbocycles. The van der Waals surface area contributed by atoms with Crippen molar-refractivity contribution in [3.05, 3.63) is 12.7 Å². The van der Waals surface area contributed by atoms with Gasteiger partial charge in [-0.3, -0.25) is 0 Å². The van der Waals surface area contributed by atoms with Crippen molar-refractivity contribution in [1.29, 1.82) is 0 Å². The van der Waals surface area contributed by atoms with Crippen LogP contribution in [-0.4, -0.2) is 11.8 Å². The lowest BCUT2D eigenvalue weighted by Crippen LogP contribution is -2.10. The molecule has 0 radical (unpaired) electrons. The minimum Gasteiger partial charge on any atom is -0.330 e. The highest BCUT2D eigenvalue weighted by Gasteiger charge is 2.09. The van der Waals surface area contributed by atoms with Gasteiger partial charge < -0.3 is 5.73 Å². The maximum atomic E-state index is 5.47. The van der Waals surface area contributed by atoms with Crippen molar-refractivity contribution >= 4 is 14.2 Å². The van der Waals surface area contributed by atoms with Gasteiger partial charge in [0.15, 0.2) is 0 Å². The number of hydrogen-bond donors (Lipinski definition) is 1. The molecule has 0 heterocycles. The molecule has 0 aromatic heterocycles. The summed E-state index contributed by atoms with van der Waals surface area (Å²) in [5.74, 6) is 0.726. The van der Waals surface area contributed by atoms with E-state index in [1.165, 1.54) is 50.2 Å². The number of unbranched alkanes of at least 4 members (excludes halogenated alkanes) is 3. The summed E-state index contributed by atoms with van der Waals surface area (Å²) < 4.78 is 0. The normalized spacial score (nSPS) is 12.4. The third-order valence-electron chi connectivity index (χ3n) is 3.11. The van der Waals surface area contributed by atoms with Crippen LogP contribution in [0.25, 0.3) is 0 Å². The molecule has 0 aromatic rings. The first-order valence-electron chi connectivity index (χ1n) is 6.64. The van der Waals surface area contributed by atoms with E-state index in [1.54, 1.807) is 0 Å². The summed E-state index contributed by atoms with van der Waals surface area (Å²) >= 11 is 0. The Balaban J connectivity index is 3.62. The predicted octanol–water partition coefficient (Wildman–Crippen LogP) is 4.20. The van der Waals surface area contributed by atoms with Crippen LogP contribution in [0.15, 0.2) is 12.7 Å². The van der Waals surface area contributed by atoms with Crippen molar-refractivity contribution in [3.63, 3.8) is 0 Å². The lowest BCUT2D eigenvalue weighted by molar-refractivity contribution is 0.596. The summed E-state index contributed by atoms with van der Waals surface area (Å²) in [5.41, 5.74) is 5.47. The van der Waals surface area contributed by atoms with Crippen molar-refractivity contribution in [2.75, 3.05) is 6.54 Å². The third kappa shape index (κ3) is 8.07. The van der Waals surface area contributed by atoms with Crippen LogP contribution in [0.1, 0.15) is 58.3 Å². The SMILES string of the molecule is C=CCCC(CC)C(=P)CCCCCCN. The monoisotopic (exact) mass is 241 g/mol. The predicted molar refractivity (Wildman–Crippen MR) is 78.7 cm³/mol. The van der Waals surface area contributed by atoms with Gasteiger partial charge in [0.05, 0.1) is 0 Å². The van der Waals surface area contributed by atoms with Crippen LogP contribution in [0.2, 0.25) is 0 Å². The first-order chi connectivity index (χ1) is 7.76. The van der Waals surface area contributed by atoms with Gasteiger partial charge in [-0.15, -0.1) is 15.4 Å². The minimum atomic E-state index is 0.726. The standard InChI is InChI=1S/C14H28NP/c1-3-5-10-13(4-2)14(16)11-8-6-7-9-12-15/h3,13,16H,1,4-12,15H2,2H3. The smallest absolute Gasteiger partial charge is 0.00773 e. The summed E-state index contributed by atoms with van der Waals surface area (Å²) in [5, 5.41) is 1.50. The number of nitrogens with two attached hydrogens (primary N) is 1. The molecule has 2 heteroatoms. The van der Waals surface area contributed by atoms with E-state index in [1.807, 2.05) is 6.08 Å². The van der Waals surface area contributed by atoms with Gasteiger partial charge in [-0.25, -0.2) is 0 Å². The van der Waals surface area contributed by atoms with E-state index in [0.717, 1.165) is 18.9 Å². The second kappa shape index (κ2) is 11.4. The van der Waals surface area contributed by atoms with E-state index in [0.29, 0.717) is 0 Å². The fraction of sp³-hybridized carbons (Fsp3) is 0.786. The van der Waals surface area contributed by atoms with Gasteiger partial charge in [0.1, 0.15) is 0 Å². The quantitative estimate of drug-likeness (QED) is 0.327. The second-order valence-corrected chi connectivity index (χ2v) is 5.09. The molecule has 16 heavy (non-hydrogen) atoms. The number of hydrogen-bond acceptors (Lipinski definition) is 1. The lowest BCUT2D eigenvalue weighted by Gasteiger charge is -2.16. The molecular formula is C14H28NP. The fourth-order valence-corrected chi connectivity index (χ4v) is 2.49. The van der Waals surface area contributed by atoms with E-state index < -0.39 is 0 Å². The summed E-state index contributed by atoms with van der Waals surface area (Å²) in [4.78, 5) is 0. The third-order valence-corrected chi connectivity index (χ3v) is 3.76. The summed E-state index contributed by atoms with van der Waals surface area (Å²) in [6.45, 7) is 6.89. The van der Waals surface area contributed by atoms with Crippen molar-refractivity contribution < 1.29 is 0 Å². The van der Waals surface area contributed by atoms with Gasteiger partial charge in [-0.1, -0.05) is 25.8 Å². The van der Waals surface area contributed by atoms with E-state index in [9.17, 15) is 0 Å². The molecule has 1 nitrogen and oxygen atoms in total. The van der Waals surface area contributed by atoms with Crippen LogP contribution >= 0.6 is 8.86 Å². The van der Waals surface area contributed by atoms with Crippen LogP contribution < -0.4 is 5.73 Å². The molecule has 0 saturated heterocycles. The van der Waals surface area contributed by atoms with Crippen molar-refractivity contribution in [2.24, 2.45) is 11.7 Å². The first-order valence-corrected chi connectivity index (χ1v) is 7.14. The Hall–Kier alpha value is -0.130. The van der Waals surface area contributed by atoms with Crippen LogP contribution in [0.4, 0.5) is 0 Å². The molecule has 0 aliphatic carbocycles. The average Bonchev–Trinajstić information content (AvgIpc) is 2.30. The van der Waals surface area contributed by atoms with Gasteiger partial charge in [0, 0.05) is 0 Å². The zero-order chi connectivity index (χ0) is 12.2. The molecule has 0 bridgehead atoms. The molecule has 0 aliphatic rings. The van der Waals surface area contributed by atoms with Crippen molar-refractivity contribution in [2.45, 2.75) is 58.3 Å². The highest BCUT2D eigenvalue weighted by Crippen LogP contribution is 2.18. The Morgan fingerprint density at radius 1 is 1.31 bits per heavy atom. The Morgan fingerprint density at radius 3 is 2.56 bits per heavy atom. The summed E-state index contributed by atoms with van der Waals surface area (Å²) in [6, 6.07) is 0. The van der Waals surface area contributed by atoms with Gasteiger partial charge in [0.25, 0.3) is 0 Å². The van der Waals surface area contributed by atoms with Crippen LogP contribution in [0.5, 0.6) is 0 Å². The Morgan fingerprint density at radius 2 is 2.00 bits per heavy atom. The van der Waals surface area contributed by atoms with Gasteiger partial charge in [-0.2, -0.15) is 0 Å². The van der Waals surface area contributed by atoms with E-state index in [4.69, 9.17) is 5.73 Å². The van der Waals surface area contributed by atoms with Crippen LogP contribution in [-0.2, 0) is 0 Å². The van der Waals surface area contributed by atoms with Gasteiger partial charge >= 0.3 is 0 Å². The van der Waals surface area contributed by atoms with Gasteiger partial charge in [0.2, 0.25) is 0 Å². The van der Waals surface area contributed by atoms with Gasteiger partial charge in [-0.05, 0) is 56.3 Å². The molecule has 2 N–H and O–H groups in total. The second-order valence-electron chi connectivity index (χ2n) is 4.45. The van der Waals surface area contributed by atoms with Crippen LogP contribution in [0, 0.1) is 5.92 Å². The maximum absolute atomic E-state index is 5.47. The number of rotatable bonds is 11. The number of allylic oxidation sites excluding steroid dienone is 1. The zero-order valence-electron chi connectivity index (χ0n) is 10.8. The zero-order valence-corrected chi connectivity index (χ0v) is 11.8. The van der Waals surface area contributed by atoms with E-state index in [-0.39, 0.29) is 0 Å². The molecule has 0 saturated carbocycles. The molecule has 0 aliphatic heterocycles. The Kier molecular flexibility index (Phi) is 11.3. The van der Waals surface area contributed by atoms with Crippen molar-refractivity contribution in [3.8, 4) is 0 Å². The molecule has 0 fully saturated rings. The minimum absolute atomic E-state index is 0.726. The topological polar surface area (TPSA) is 26.0 Å². The molecule has 0 amide bonds. The van der Waals surface area contributed by atoms with Crippen LogP contribution in [0.3, 0.4) is 0 Å². The summed E-state index contributed by atoms with van der Waals surface area (Å²) in [7, 11) is 3.81. The maximum Gasteiger partial charge on any atom is -0.00773 e. The summed E-state index contributed by atoms with van der Waals surface area (Å²) in [6.07, 6.45) is 11.9. The highest BCUT2D eigenvalue weighted by atomic mass is 31.0. The van der Waals surface area contributed by atoms with Crippen molar-refractivity contribution in [1.82, 2.24) is 0 Å². The largest absolute Gasteiger partial charge is 0.330 e. The lowest BCUT2D eigenvalue weighted by atomic mass is 9.93. The molecule has 1 unspecified atom stereocenters. The first kappa shape index (κ1) is 15.9. The molecule has 0 spiro atoms. The molecule has 94 valence electrons. The average molecular weight is 241 g/mol. The molecular weight excluding hydrogens is 213 g/mol. The molecule has 0 rings (SSSR count). The Labute approximate surface area is 104 Å². The Bertz CT molecular complexity index is 189.